The van der Waals surface area contributed by atoms with Crippen LogP contribution in [-0.2, 0) is 28.7 Å². The molecule has 0 unspecified atom stereocenters. The molecule has 154 valence electrons. The monoisotopic (exact) mass is 420 g/mol. The molecular weight excluding hydrogens is 396 g/mol. The van der Waals surface area contributed by atoms with Crippen molar-refractivity contribution in [3.05, 3.63) is 101 Å². The van der Waals surface area contributed by atoms with E-state index in [-0.39, 0.29) is 24.2 Å². The van der Waals surface area contributed by atoms with Gasteiger partial charge in [0.2, 0.25) is 10.0 Å². The number of nitrogens with one attached hydrogen (secondary N) is 1. The summed E-state index contributed by atoms with van der Waals surface area (Å²) >= 11 is 0. The molecule has 0 bridgehead atoms. The fraction of sp³-hybridized carbons (Fsp3) is 0.208. The van der Waals surface area contributed by atoms with Crippen LogP contribution in [0.1, 0.15) is 34.0 Å². The Morgan fingerprint density at radius 3 is 2.33 bits per heavy atom. The molecule has 1 aliphatic rings. The first-order valence-corrected chi connectivity index (χ1v) is 11.6. The van der Waals surface area contributed by atoms with E-state index in [9.17, 15) is 13.2 Å². The molecule has 0 saturated heterocycles. The Bertz CT molecular complexity index is 1150. The molecule has 3 aromatic rings. The lowest BCUT2D eigenvalue weighted by molar-refractivity contribution is 0.0981. The van der Waals surface area contributed by atoms with E-state index in [0.717, 1.165) is 28.8 Å². The largest absolute Gasteiger partial charge is 0.305 e. The van der Waals surface area contributed by atoms with E-state index in [4.69, 9.17) is 0 Å². The number of hydrogen-bond donors (Lipinski definition) is 1. The number of amides is 1. The predicted octanol–water partition coefficient (Wildman–Crippen LogP) is 3.90. The van der Waals surface area contributed by atoms with Gasteiger partial charge in [-0.25, -0.2) is 13.1 Å². The third-order valence-corrected chi connectivity index (χ3v) is 6.60. The van der Waals surface area contributed by atoms with E-state index in [1.807, 2.05) is 78.6 Å². The van der Waals surface area contributed by atoms with Crippen LogP contribution in [0.4, 0.5) is 5.69 Å². The van der Waals surface area contributed by atoms with Gasteiger partial charge in [0.05, 0.1) is 5.75 Å². The second-order valence-electron chi connectivity index (χ2n) is 7.62. The van der Waals surface area contributed by atoms with Crippen molar-refractivity contribution in [2.24, 2.45) is 0 Å². The minimum Gasteiger partial charge on any atom is -0.305 e. The van der Waals surface area contributed by atoms with Crippen molar-refractivity contribution in [3.8, 4) is 0 Å². The first-order chi connectivity index (χ1) is 14.4. The van der Waals surface area contributed by atoms with Crippen LogP contribution < -0.4 is 9.62 Å². The molecule has 1 amide bonds. The Morgan fingerprint density at radius 2 is 1.63 bits per heavy atom. The van der Waals surface area contributed by atoms with Gasteiger partial charge in [-0.2, -0.15) is 0 Å². The Kier molecular flexibility index (Phi) is 5.70. The third kappa shape index (κ3) is 4.45. The zero-order valence-electron chi connectivity index (χ0n) is 16.8. The fourth-order valence-corrected chi connectivity index (χ4v) is 4.95. The topological polar surface area (TPSA) is 66.5 Å². The summed E-state index contributed by atoms with van der Waals surface area (Å²) in [5.74, 6) is -0.0994. The molecule has 1 atom stereocenters. The molecule has 3 aromatic carbocycles. The van der Waals surface area contributed by atoms with E-state index in [1.165, 1.54) is 0 Å². The van der Waals surface area contributed by atoms with Crippen LogP contribution in [0.5, 0.6) is 0 Å². The molecule has 1 aliphatic heterocycles. The zero-order valence-corrected chi connectivity index (χ0v) is 17.6. The van der Waals surface area contributed by atoms with Crippen molar-refractivity contribution in [3.63, 3.8) is 0 Å². The van der Waals surface area contributed by atoms with Gasteiger partial charge in [-0.3, -0.25) is 4.79 Å². The fourth-order valence-electron chi connectivity index (χ4n) is 3.83. The SMILES string of the molecule is C[C@H]1Cc2ccc(CNS(=O)(=O)Cc3ccccc3)cc2N1C(=O)c1ccccc1. The summed E-state index contributed by atoms with van der Waals surface area (Å²) in [7, 11) is -3.46. The Hall–Kier alpha value is -2.96. The molecule has 1 heterocycles. The molecule has 30 heavy (non-hydrogen) atoms. The van der Waals surface area contributed by atoms with Crippen LogP contribution >= 0.6 is 0 Å². The number of hydrogen-bond acceptors (Lipinski definition) is 3. The van der Waals surface area contributed by atoms with Crippen LogP contribution in [0.25, 0.3) is 0 Å². The highest BCUT2D eigenvalue weighted by atomic mass is 32.2. The highest BCUT2D eigenvalue weighted by Gasteiger charge is 2.31. The molecular formula is C24H24N2O3S. The van der Waals surface area contributed by atoms with Crippen LogP contribution in [0.15, 0.2) is 78.9 Å². The first-order valence-electron chi connectivity index (χ1n) is 9.94. The number of nitrogens with zero attached hydrogens (tertiary/aromatic N) is 1. The smallest absolute Gasteiger partial charge is 0.258 e. The highest BCUT2D eigenvalue weighted by molar-refractivity contribution is 7.88. The number of sulfonamides is 1. The molecule has 0 fully saturated rings. The minimum absolute atomic E-state index is 0.0383. The number of benzene rings is 3. The Balaban J connectivity index is 1.51. The molecule has 5 nitrogen and oxygen atoms in total. The molecule has 0 saturated carbocycles. The van der Waals surface area contributed by atoms with Gasteiger partial charge in [-0.1, -0.05) is 60.7 Å². The van der Waals surface area contributed by atoms with E-state index in [2.05, 4.69) is 4.72 Å². The molecule has 4 rings (SSSR count). The number of anilines is 1. The van der Waals surface area contributed by atoms with Crippen molar-refractivity contribution in [2.45, 2.75) is 31.7 Å². The molecule has 0 aromatic heterocycles. The van der Waals surface area contributed by atoms with Gasteiger partial charge >= 0.3 is 0 Å². The lowest BCUT2D eigenvalue weighted by atomic mass is 10.1. The van der Waals surface area contributed by atoms with Crippen LogP contribution in [0.2, 0.25) is 0 Å². The van der Waals surface area contributed by atoms with Gasteiger partial charge in [-0.15, -0.1) is 0 Å². The quantitative estimate of drug-likeness (QED) is 0.658. The standard InChI is InChI=1S/C24H24N2O3S/c1-18-14-22-13-12-20(16-25-30(28,29)17-19-8-4-2-5-9-19)15-23(22)26(18)24(27)21-10-6-3-7-11-21/h2-13,15,18,25H,14,16-17H2,1H3/t18-/m0/s1. The first kappa shape index (κ1) is 20.3. The maximum absolute atomic E-state index is 13.1. The van der Waals surface area contributed by atoms with Crippen molar-refractivity contribution in [1.29, 1.82) is 0 Å². The molecule has 0 spiro atoms. The summed E-state index contributed by atoms with van der Waals surface area (Å²) in [4.78, 5) is 14.9. The van der Waals surface area contributed by atoms with Gasteiger partial charge in [0.1, 0.15) is 0 Å². The van der Waals surface area contributed by atoms with E-state index >= 15 is 0 Å². The van der Waals surface area contributed by atoms with Gasteiger partial charge < -0.3 is 4.90 Å². The maximum atomic E-state index is 13.1. The lowest BCUT2D eigenvalue weighted by Crippen LogP contribution is -2.35. The Labute approximate surface area is 177 Å². The van der Waals surface area contributed by atoms with Crippen molar-refractivity contribution in [2.75, 3.05) is 4.90 Å². The minimum atomic E-state index is -3.46. The maximum Gasteiger partial charge on any atom is 0.258 e. The summed E-state index contributed by atoms with van der Waals surface area (Å²) in [6, 6.07) is 24.2. The highest BCUT2D eigenvalue weighted by Crippen LogP contribution is 2.34. The third-order valence-electron chi connectivity index (χ3n) is 5.30. The van der Waals surface area contributed by atoms with Crippen LogP contribution in [0.3, 0.4) is 0 Å². The number of carbonyl (C=O) groups is 1. The van der Waals surface area contributed by atoms with Crippen LogP contribution in [0, 0.1) is 0 Å². The summed E-state index contributed by atoms with van der Waals surface area (Å²) in [6.45, 7) is 2.22. The van der Waals surface area contributed by atoms with Gasteiger partial charge in [0, 0.05) is 23.8 Å². The Morgan fingerprint density at radius 1 is 0.967 bits per heavy atom. The second kappa shape index (κ2) is 8.42. The van der Waals surface area contributed by atoms with Crippen molar-refractivity contribution >= 4 is 21.6 Å². The normalized spacial score (nSPS) is 15.8. The van der Waals surface area contributed by atoms with Crippen LogP contribution in [-0.4, -0.2) is 20.4 Å². The van der Waals surface area contributed by atoms with E-state index < -0.39 is 10.0 Å². The average molecular weight is 421 g/mol. The van der Waals surface area contributed by atoms with E-state index in [1.54, 1.807) is 12.1 Å². The van der Waals surface area contributed by atoms with Gasteiger partial charge in [0.15, 0.2) is 0 Å². The molecule has 0 aliphatic carbocycles. The molecule has 1 N–H and O–H groups in total. The lowest BCUT2D eigenvalue weighted by Gasteiger charge is -2.23. The van der Waals surface area contributed by atoms with Crippen molar-refractivity contribution < 1.29 is 13.2 Å². The average Bonchev–Trinajstić information content (AvgIpc) is 3.08. The summed E-state index contributed by atoms with van der Waals surface area (Å²) in [5, 5.41) is 0. The number of fused-ring (bicyclic) bond motifs is 1. The summed E-state index contributed by atoms with van der Waals surface area (Å²) in [6.07, 6.45) is 0.786. The van der Waals surface area contributed by atoms with E-state index in [0.29, 0.717) is 5.56 Å². The van der Waals surface area contributed by atoms with Crippen molar-refractivity contribution in [1.82, 2.24) is 4.72 Å². The predicted molar refractivity (Wildman–Crippen MR) is 119 cm³/mol. The molecule has 0 radical (unpaired) electrons. The summed E-state index contributed by atoms with van der Waals surface area (Å²) in [5.41, 5.74) is 4.17. The zero-order chi connectivity index (χ0) is 21.1. The summed E-state index contributed by atoms with van der Waals surface area (Å²) < 4.78 is 27.6. The second-order valence-corrected chi connectivity index (χ2v) is 9.43. The number of rotatable bonds is 6. The molecule has 6 heteroatoms. The van der Waals surface area contributed by atoms with Gasteiger partial charge in [0.25, 0.3) is 5.91 Å². The number of carbonyl (C=O) groups excluding carboxylic acids is 1. The van der Waals surface area contributed by atoms with Gasteiger partial charge in [-0.05, 0) is 48.2 Å².